The summed E-state index contributed by atoms with van der Waals surface area (Å²) in [7, 11) is 0. The molecule has 0 saturated heterocycles. The lowest BCUT2D eigenvalue weighted by Gasteiger charge is -2.03. The fourth-order valence-electron chi connectivity index (χ4n) is 1.93. The van der Waals surface area contributed by atoms with Gasteiger partial charge in [-0.1, -0.05) is 29.5 Å². The van der Waals surface area contributed by atoms with Gasteiger partial charge in [-0.3, -0.25) is 9.36 Å². The van der Waals surface area contributed by atoms with Gasteiger partial charge in [0.1, 0.15) is 10.5 Å². The molecule has 0 bridgehead atoms. The van der Waals surface area contributed by atoms with Crippen LogP contribution in [0.2, 0.25) is 0 Å². The first-order chi connectivity index (χ1) is 9.20. The smallest absolute Gasteiger partial charge is 0.270 e. The monoisotopic (exact) mass is 273 g/mol. The van der Waals surface area contributed by atoms with E-state index >= 15 is 0 Å². The molecule has 3 aromatic rings. The van der Waals surface area contributed by atoms with E-state index < -0.39 is 0 Å². The minimum atomic E-state index is -0.174. The van der Waals surface area contributed by atoms with Crippen molar-refractivity contribution in [1.29, 1.82) is 0 Å². The van der Waals surface area contributed by atoms with E-state index in [-0.39, 0.29) is 5.56 Å². The van der Waals surface area contributed by atoms with Gasteiger partial charge in [-0.25, -0.2) is 4.98 Å². The number of aromatic nitrogens is 3. The zero-order valence-electron chi connectivity index (χ0n) is 10.1. The Morgan fingerprint density at radius 2 is 2.11 bits per heavy atom. The molecule has 0 fully saturated rings. The van der Waals surface area contributed by atoms with E-state index in [2.05, 4.69) is 15.1 Å². The van der Waals surface area contributed by atoms with Crippen LogP contribution in [-0.4, -0.2) is 14.5 Å². The number of para-hydroxylation sites is 1. The number of nitrogens with one attached hydrogen (secondary N) is 1. The summed E-state index contributed by atoms with van der Waals surface area (Å²) in [6.07, 6.45) is 0. The molecule has 7 heteroatoms. The van der Waals surface area contributed by atoms with Crippen LogP contribution in [-0.2, 0) is 0 Å². The second-order valence-electron chi connectivity index (χ2n) is 3.99. The van der Waals surface area contributed by atoms with Crippen molar-refractivity contribution in [3.63, 3.8) is 0 Å². The Balaban J connectivity index is 2.51. The highest BCUT2D eigenvalue weighted by Crippen LogP contribution is 2.15. The van der Waals surface area contributed by atoms with E-state index in [1.54, 1.807) is 11.5 Å². The summed E-state index contributed by atoms with van der Waals surface area (Å²) < 4.78 is 2.29. The molecule has 0 atom stereocenters. The SMILES string of the molecule is Cc1nc2c(s/c(=N/N)n2-c2ccccc2)c(=O)[nH]1. The highest BCUT2D eigenvalue weighted by molar-refractivity contribution is 7.16. The third-order valence-corrected chi connectivity index (χ3v) is 3.74. The van der Waals surface area contributed by atoms with Crippen molar-refractivity contribution in [3.05, 3.63) is 51.3 Å². The van der Waals surface area contributed by atoms with Crippen molar-refractivity contribution in [3.8, 4) is 5.69 Å². The van der Waals surface area contributed by atoms with Crippen molar-refractivity contribution in [2.45, 2.75) is 6.92 Å². The lowest BCUT2D eigenvalue weighted by atomic mass is 10.3. The average molecular weight is 273 g/mol. The lowest BCUT2D eigenvalue weighted by molar-refractivity contribution is 0.956. The van der Waals surface area contributed by atoms with Gasteiger partial charge in [-0.05, 0) is 19.1 Å². The quantitative estimate of drug-likeness (QED) is 0.509. The Bertz CT molecular complexity index is 859. The van der Waals surface area contributed by atoms with Crippen molar-refractivity contribution < 1.29 is 0 Å². The third-order valence-electron chi connectivity index (χ3n) is 2.70. The molecule has 6 nitrogen and oxygen atoms in total. The lowest BCUT2D eigenvalue weighted by Crippen LogP contribution is -2.16. The molecule has 2 aromatic heterocycles. The molecule has 19 heavy (non-hydrogen) atoms. The zero-order chi connectivity index (χ0) is 13.4. The molecular formula is C12H11N5OS. The molecule has 0 unspecified atom stereocenters. The predicted molar refractivity (Wildman–Crippen MR) is 74.1 cm³/mol. The number of benzene rings is 1. The second-order valence-corrected chi connectivity index (χ2v) is 4.97. The molecule has 0 aliphatic rings. The minimum absolute atomic E-state index is 0.174. The molecule has 2 heterocycles. The molecule has 0 saturated carbocycles. The number of hydrogen-bond acceptors (Lipinski definition) is 5. The molecular weight excluding hydrogens is 262 g/mol. The minimum Gasteiger partial charge on any atom is -0.320 e. The van der Waals surface area contributed by atoms with E-state index in [1.807, 2.05) is 30.3 Å². The number of hydrogen-bond donors (Lipinski definition) is 2. The molecule has 3 N–H and O–H groups in total. The maximum absolute atomic E-state index is 11.9. The Morgan fingerprint density at radius 3 is 2.79 bits per heavy atom. The van der Waals surface area contributed by atoms with Gasteiger partial charge in [-0.15, -0.1) is 0 Å². The van der Waals surface area contributed by atoms with E-state index in [4.69, 9.17) is 5.84 Å². The van der Waals surface area contributed by atoms with Crippen LogP contribution in [0.4, 0.5) is 0 Å². The van der Waals surface area contributed by atoms with Crippen LogP contribution in [0, 0.1) is 6.92 Å². The number of thiazole rings is 1. The van der Waals surface area contributed by atoms with E-state index in [0.717, 1.165) is 5.69 Å². The van der Waals surface area contributed by atoms with Gasteiger partial charge in [0, 0.05) is 5.69 Å². The van der Waals surface area contributed by atoms with Gasteiger partial charge in [0.25, 0.3) is 5.56 Å². The summed E-state index contributed by atoms with van der Waals surface area (Å²) in [4.78, 5) is 19.5. The third kappa shape index (κ3) is 1.84. The predicted octanol–water partition coefficient (Wildman–Crippen LogP) is 0.858. The fraction of sp³-hybridized carbons (Fsp3) is 0.0833. The summed E-state index contributed by atoms with van der Waals surface area (Å²) in [5.41, 5.74) is 1.27. The standard InChI is InChI=1S/C12H11N5OS/c1-7-14-10-9(11(18)15-7)19-12(16-13)17(10)8-5-3-2-4-6-8/h2-6H,13H2,1H3,(H,14,15,18)/b16-12+. The Morgan fingerprint density at radius 1 is 1.37 bits per heavy atom. The van der Waals surface area contributed by atoms with Crippen molar-refractivity contribution in [2.24, 2.45) is 10.9 Å². The highest BCUT2D eigenvalue weighted by Gasteiger charge is 2.12. The number of nitrogens with zero attached hydrogens (tertiary/aromatic N) is 3. The Hall–Kier alpha value is -2.41. The van der Waals surface area contributed by atoms with Gasteiger partial charge >= 0.3 is 0 Å². The number of aromatic amines is 1. The van der Waals surface area contributed by atoms with Crippen LogP contribution in [0.1, 0.15) is 5.82 Å². The maximum atomic E-state index is 11.9. The first kappa shape index (κ1) is 11.7. The molecule has 1 aromatic carbocycles. The first-order valence-electron chi connectivity index (χ1n) is 5.62. The summed E-state index contributed by atoms with van der Waals surface area (Å²) >= 11 is 1.22. The van der Waals surface area contributed by atoms with Crippen LogP contribution in [0.25, 0.3) is 16.0 Å². The van der Waals surface area contributed by atoms with Crippen molar-refractivity contribution in [2.75, 3.05) is 0 Å². The van der Waals surface area contributed by atoms with Crippen molar-refractivity contribution >= 4 is 21.7 Å². The maximum Gasteiger partial charge on any atom is 0.270 e. The summed E-state index contributed by atoms with van der Waals surface area (Å²) in [6, 6.07) is 9.57. The van der Waals surface area contributed by atoms with Gasteiger partial charge in [0.15, 0.2) is 5.65 Å². The average Bonchev–Trinajstić information content (AvgIpc) is 2.78. The number of H-pyrrole nitrogens is 1. The first-order valence-corrected chi connectivity index (χ1v) is 6.44. The Kier molecular flexibility index (Phi) is 2.68. The zero-order valence-corrected chi connectivity index (χ0v) is 10.9. The summed E-state index contributed by atoms with van der Waals surface area (Å²) in [5.74, 6) is 5.97. The number of fused-ring (bicyclic) bond motifs is 1. The second kappa shape index (κ2) is 4.36. The van der Waals surface area contributed by atoms with Gasteiger partial charge in [0.05, 0.1) is 0 Å². The summed E-state index contributed by atoms with van der Waals surface area (Å²) in [6.45, 7) is 1.74. The number of rotatable bonds is 1. The van der Waals surface area contributed by atoms with Crippen LogP contribution < -0.4 is 16.2 Å². The van der Waals surface area contributed by atoms with Crippen LogP contribution in [0.15, 0.2) is 40.2 Å². The van der Waals surface area contributed by atoms with Gasteiger partial charge in [-0.2, -0.15) is 5.10 Å². The summed E-state index contributed by atoms with van der Waals surface area (Å²) in [5, 5.41) is 3.74. The molecule has 0 radical (unpaired) electrons. The largest absolute Gasteiger partial charge is 0.320 e. The van der Waals surface area contributed by atoms with Crippen LogP contribution in [0.5, 0.6) is 0 Å². The molecule has 0 aliphatic carbocycles. The molecule has 0 aliphatic heterocycles. The Labute approximate surface area is 111 Å². The fourth-order valence-corrected chi connectivity index (χ4v) is 2.82. The van der Waals surface area contributed by atoms with E-state index in [9.17, 15) is 4.79 Å². The van der Waals surface area contributed by atoms with E-state index in [0.29, 0.717) is 21.0 Å². The van der Waals surface area contributed by atoms with Crippen LogP contribution in [0.3, 0.4) is 0 Å². The highest BCUT2D eigenvalue weighted by atomic mass is 32.1. The molecule has 96 valence electrons. The molecule has 0 spiro atoms. The van der Waals surface area contributed by atoms with Gasteiger partial charge < -0.3 is 10.8 Å². The van der Waals surface area contributed by atoms with E-state index in [1.165, 1.54) is 11.3 Å². The number of nitrogens with two attached hydrogens (primary N) is 1. The van der Waals surface area contributed by atoms with Gasteiger partial charge in [0.2, 0.25) is 4.80 Å². The molecule has 0 amide bonds. The number of aryl methyl sites for hydroxylation is 1. The molecule has 3 rings (SSSR count). The topological polar surface area (TPSA) is 89.1 Å². The van der Waals surface area contributed by atoms with Crippen molar-refractivity contribution in [1.82, 2.24) is 14.5 Å². The van der Waals surface area contributed by atoms with Crippen LogP contribution >= 0.6 is 11.3 Å². The normalized spacial score (nSPS) is 12.2.